The number of carbonyl (C=O) groups is 5. The van der Waals surface area contributed by atoms with Crippen molar-refractivity contribution in [3.63, 3.8) is 0 Å². The molecule has 274 valence electrons. The highest BCUT2D eigenvalue weighted by molar-refractivity contribution is 7.91. The van der Waals surface area contributed by atoms with Gasteiger partial charge in [-0.3, -0.25) is 28.8 Å². The van der Waals surface area contributed by atoms with Crippen molar-refractivity contribution in [2.24, 2.45) is 11.8 Å². The number of nitrogens with zero attached hydrogens (tertiary/aromatic N) is 2. The van der Waals surface area contributed by atoms with Gasteiger partial charge in [0.15, 0.2) is 0 Å². The molecule has 14 heteroatoms. The van der Waals surface area contributed by atoms with Crippen LogP contribution in [0.1, 0.15) is 93.7 Å². The second kappa shape index (κ2) is 14.1. The van der Waals surface area contributed by atoms with Crippen molar-refractivity contribution in [1.82, 2.24) is 25.2 Å². The molecule has 0 aromatic heterocycles. The quantitative estimate of drug-likeness (QED) is 0.361. The SMILES string of the molecule is C=C[C@@H]1C[C@]1(NC(=O)[C@@H]1C[C@@H]2CN1C(=O)[C@H](C1CCCCC1)NC(=O)CCC/C=C/c1cccc3c1CN(C3)C(=O)O2)C(=O)NS(=O)(=O)C1CC1. The smallest absolute Gasteiger partial charge is 0.410 e. The number of ether oxygens (including phenoxy) is 1. The molecule has 3 aliphatic heterocycles. The number of sulfonamides is 1. The van der Waals surface area contributed by atoms with E-state index in [0.717, 1.165) is 48.8 Å². The molecule has 7 rings (SSSR count). The standard InChI is InChI=1S/C37H47N5O8S/c1-2-26-19-37(26,35(46)40-51(48,49)28-16-17-28)39-33(44)30-18-27-21-42(30)34(45)32(24-11-6-3-7-12-24)38-31(43)15-8-4-5-10-23-13-9-14-25-20-41(22-29(23)25)36(47)50-27/h2,5,9-10,13-14,24,26-28,30,32H,1,3-4,6-8,11-12,15-22H2,(H,38,43)(H,39,44)(H,40,46)/b10-5+/t26-,27-,30+,32+,37-/m1/s1. The van der Waals surface area contributed by atoms with Crippen LogP contribution in [0, 0.1) is 11.8 Å². The largest absolute Gasteiger partial charge is 0.444 e. The zero-order valence-corrected chi connectivity index (χ0v) is 29.6. The Labute approximate surface area is 298 Å². The third-order valence-electron chi connectivity index (χ3n) is 11.4. The van der Waals surface area contributed by atoms with Gasteiger partial charge in [0.05, 0.1) is 18.3 Å². The first-order valence-corrected chi connectivity index (χ1v) is 19.9. The maximum Gasteiger partial charge on any atom is 0.410 e. The van der Waals surface area contributed by atoms with Gasteiger partial charge in [-0.25, -0.2) is 13.2 Å². The Morgan fingerprint density at radius 3 is 2.55 bits per heavy atom. The van der Waals surface area contributed by atoms with Crippen molar-refractivity contribution >= 4 is 45.8 Å². The van der Waals surface area contributed by atoms with Crippen LogP contribution in [0.5, 0.6) is 0 Å². The zero-order chi connectivity index (χ0) is 35.9. The summed E-state index contributed by atoms with van der Waals surface area (Å²) in [6.45, 7) is 4.41. The number of hydrogen-bond donors (Lipinski definition) is 3. The lowest BCUT2D eigenvalue weighted by Gasteiger charge is -2.35. The summed E-state index contributed by atoms with van der Waals surface area (Å²) in [6, 6.07) is 3.91. The lowest BCUT2D eigenvalue weighted by atomic mass is 9.83. The first-order valence-electron chi connectivity index (χ1n) is 18.3. The highest BCUT2D eigenvalue weighted by Crippen LogP contribution is 2.45. The van der Waals surface area contributed by atoms with Crippen LogP contribution in [-0.2, 0) is 47.0 Å². The van der Waals surface area contributed by atoms with Crippen LogP contribution in [0.15, 0.2) is 36.9 Å². The highest BCUT2D eigenvalue weighted by Gasteiger charge is 2.62. The summed E-state index contributed by atoms with van der Waals surface area (Å²) in [4.78, 5) is 72.2. The fraction of sp³-hybridized carbons (Fsp3) is 0.595. The van der Waals surface area contributed by atoms with Gasteiger partial charge in [0.2, 0.25) is 27.7 Å². The zero-order valence-electron chi connectivity index (χ0n) is 28.8. The van der Waals surface area contributed by atoms with E-state index in [1.54, 1.807) is 4.90 Å². The molecule has 4 bridgehead atoms. The Kier molecular flexibility index (Phi) is 9.72. The van der Waals surface area contributed by atoms with Crippen LogP contribution in [0.2, 0.25) is 0 Å². The Morgan fingerprint density at radius 2 is 1.82 bits per heavy atom. The molecule has 0 unspecified atom stereocenters. The van der Waals surface area contributed by atoms with Gasteiger partial charge in [-0.2, -0.15) is 0 Å². The number of fused-ring (bicyclic) bond motifs is 3. The minimum absolute atomic E-state index is 0.0275. The number of benzene rings is 1. The van der Waals surface area contributed by atoms with Crippen molar-refractivity contribution in [1.29, 1.82) is 0 Å². The van der Waals surface area contributed by atoms with E-state index in [1.807, 2.05) is 30.4 Å². The normalized spacial score (nSPS) is 30.8. The van der Waals surface area contributed by atoms with Crippen molar-refractivity contribution in [2.45, 2.75) is 119 Å². The molecular weight excluding hydrogens is 675 g/mol. The van der Waals surface area contributed by atoms with E-state index < -0.39 is 68.7 Å². The number of amides is 5. The van der Waals surface area contributed by atoms with E-state index in [2.05, 4.69) is 21.9 Å². The van der Waals surface area contributed by atoms with E-state index in [1.165, 1.54) is 11.0 Å². The van der Waals surface area contributed by atoms with Crippen LogP contribution < -0.4 is 15.4 Å². The van der Waals surface area contributed by atoms with Crippen molar-refractivity contribution in [3.8, 4) is 0 Å². The summed E-state index contributed by atoms with van der Waals surface area (Å²) in [5.41, 5.74) is 1.49. The second-order valence-corrected chi connectivity index (χ2v) is 17.0. The Morgan fingerprint density at radius 1 is 1.04 bits per heavy atom. The second-order valence-electron chi connectivity index (χ2n) is 15.0. The molecule has 51 heavy (non-hydrogen) atoms. The van der Waals surface area contributed by atoms with Gasteiger partial charge in [0.25, 0.3) is 5.91 Å². The number of rotatable bonds is 7. The molecule has 0 spiro atoms. The lowest BCUT2D eigenvalue weighted by molar-refractivity contribution is -0.143. The van der Waals surface area contributed by atoms with Gasteiger partial charge >= 0.3 is 6.09 Å². The van der Waals surface area contributed by atoms with Gasteiger partial charge in [-0.1, -0.05) is 55.7 Å². The van der Waals surface area contributed by atoms with Gasteiger partial charge in [0.1, 0.15) is 23.7 Å². The van der Waals surface area contributed by atoms with Gasteiger partial charge in [0, 0.05) is 25.3 Å². The first kappa shape index (κ1) is 35.2. The Bertz CT molecular complexity index is 1750. The van der Waals surface area contributed by atoms with E-state index in [4.69, 9.17) is 4.74 Å². The fourth-order valence-corrected chi connectivity index (χ4v) is 9.57. The molecule has 1 aromatic carbocycles. The molecule has 1 aromatic rings. The van der Waals surface area contributed by atoms with Crippen LogP contribution in [0.3, 0.4) is 0 Å². The minimum atomic E-state index is -3.89. The average Bonchev–Trinajstić information content (AvgIpc) is 4.01. The number of allylic oxidation sites excluding steroid dienone is 1. The van der Waals surface area contributed by atoms with Crippen LogP contribution in [0.25, 0.3) is 6.08 Å². The molecular formula is C37H47N5O8S. The van der Waals surface area contributed by atoms with Crippen molar-refractivity contribution in [2.75, 3.05) is 6.54 Å². The average molecular weight is 722 g/mol. The van der Waals surface area contributed by atoms with Gasteiger partial charge < -0.3 is 20.3 Å². The third-order valence-corrected chi connectivity index (χ3v) is 13.2. The molecule has 3 N–H and O–H groups in total. The predicted octanol–water partition coefficient (Wildman–Crippen LogP) is 3.04. The topological polar surface area (TPSA) is 171 Å². The van der Waals surface area contributed by atoms with E-state index in [9.17, 15) is 32.4 Å². The summed E-state index contributed by atoms with van der Waals surface area (Å²) >= 11 is 0. The molecule has 3 saturated carbocycles. The summed E-state index contributed by atoms with van der Waals surface area (Å²) in [7, 11) is -3.89. The maximum absolute atomic E-state index is 14.6. The lowest BCUT2D eigenvalue weighted by Crippen LogP contribution is -2.59. The summed E-state index contributed by atoms with van der Waals surface area (Å²) in [5.74, 6) is -2.80. The van der Waals surface area contributed by atoms with E-state index in [0.29, 0.717) is 38.8 Å². The summed E-state index contributed by atoms with van der Waals surface area (Å²) < 4.78 is 33.5. The molecule has 1 saturated heterocycles. The first-order chi connectivity index (χ1) is 24.5. The molecule has 4 fully saturated rings. The van der Waals surface area contributed by atoms with Gasteiger partial charge in [-0.15, -0.1) is 6.58 Å². The summed E-state index contributed by atoms with van der Waals surface area (Å²) in [6.07, 6.45) is 11.1. The highest BCUT2D eigenvalue weighted by atomic mass is 32.2. The Balaban J connectivity index is 1.17. The molecule has 6 aliphatic rings. The van der Waals surface area contributed by atoms with E-state index >= 15 is 0 Å². The predicted molar refractivity (Wildman–Crippen MR) is 187 cm³/mol. The minimum Gasteiger partial charge on any atom is -0.444 e. The molecule has 3 heterocycles. The summed E-state index contributed by atoms with van der Waals surface area (Å²) in [5, 5.41) is 5.17. The van der Waals surface area contributed by atoms with Crippen molar-refractivity contribution < 1.29 is 37.1 Å². The number of carbonyl (C=O) groups excluding carboxylic acids is 5. The molecule has 0 radical (unpaired) electrons. The van der Waals surface area contributed by atoms with Crippen LogP contribution >= 0.6 is 0 Å². The number of hydrogen-bond acceptors (Lipinski definition) is 8. The molecule has 3 aliphatic carbocycles. The third kappa shape index (κ3) is 7.29. The van der Waals surface area contributed by atoms with Crippen molar-refractivity contribution in [3.05, 3.63) is 53.6 Å². The maximum atomic E-state index is 14.6. The molecule has 5 amide bonds. The Hall–Kier alpha value is -4.20. The molecule has 5 atom stereocenters. The van der Waals surface area contributed by atoms with Gasteiger partial charge in [-0.05, 0) is 67.6 Å². The monoisotopic (exact) mass is 721 g/mol. The van der Waals surface area contributed by atoms with Crippen LogP contribution in [0.4, 0.5) is 4.79 Å². The van der Waals surface area contributed by atoms with E-state index in [-0.39, 0.29) is 37.6 Å². The fourth-order valence-electron chi connectivity index (χ4n) is 8.21. The van der Waals surface area contributed by atoms with Crippen LogP contribution in [-0.4, -0.2) is 83.5 Å². The molecule has 13 nitrogen and oxygen atoms in total. The number of nitrogens with one attached hydrogen (secondary N) is 3.